The summed E-state index contributed by atoms with van der Waals surface area (Å²) in [7, 11) is -3.90. The molecule has 2 heterocycles. The minimum Gasteiger partial charge on any atom is -0.486 e. The van der Waals surface area contributed by atoms with Gasteiger partial charge in [0, 0.05) is 19.2 Å². The van der Waals surface area contributed by atoms with E-state index in [9.17, 15) is 13.2 Å². The van der Waals surface area contributed by atoms with Crippen LogP contribution in [0.3, 0.4) is 0 Å². The topological polar surface area (TPSA) is 84.9 Å². The smallest absolute Gasteiger partial charge is 0.262 e. The molecule has 0 radical (unpaired) electrons. The van der Waals surface area contributed by atoms with Gasteiger partial charge in [-0.05, 0) is 43.0 Å². The highest BCUT2D eigenvalue weighted by Crippen LogP contribution is 2.33. The van der Waals surface area contributed by atoms with E-state index < -0.39 is 10.0 Å². The van der Waals surface area contributed by atoms with Gasteiger partial charge in [-0.1, -0.05) is 19.1 Å². The van der Waals surface area contributed by atoms with Gasteiger partial charge in [-0.2, -0.15) is 0 Å². The molecule has 0 aromatic heterocycles. The second-order valence-corrected chi connectivity index (χ2v) is 9.11. The summed E-state index contributed by atoms with van der Waals surface area (Å²) >= 11 is 0. The predicted molar refractivity (Wildman–Crippen MR) is 109 cm³/mol. The molecule has 1 amide bonds. The number of para-hydroxylation sites is 1. The van der Waals surface area contributed by atoms with Crippen molar-refractivity contribution in [1.82, 2.24) is 4.90 Å². The molecular weight excluding hydrogens is 392 g/mol. The summed E-state index contributed by atoms with van der Waals surface area (Å²) in [6.45, 7) is 4.35. The number of piperidine rings is 1. The SMILES string of the molecule is CC1CCN(C(=O)c2ccccc2NS(=O)(=O)c2ccc3c(c2)OCCO3)CC1. The highest BCUT2D eigenvalue weighted by molar-refractivity contribution is 7.92. The van der Waals surface area contributed by atoms with Gasteiger partial charge in [0.2, 0.25) is 0 Å². The molecule has 2 aromatic carbocycles. The number of carbonyl (C=O) groups is 1. The van der Waals surface area contributed by atoms with Crippen LogP contribution in [0.25, 0.3) is 0 Å². The Morgan fingerprint density at radius 1 is 1.03 bits per heavy atom. The first-order chi connectivity index (χ1) is 13.9. The molecule has 29 heavy (non-hydrogen) atoms. The number of nitrogens with one attached hydrogen (secondary N) is 1. The van der Waals surface area contributed by atoms with Crippen molar-refractivity contribution < 1.29 is 22.7 Å². The van der Waals surface area contributed by atoms with Crippen LogP contribution in [0.15, 0.2) is 47.4 Å². The number of likely N-dealkylation sites (tertiary alicyclic amines) is 1. The number of nitrogens with zero attached hydrogens (tertiary/aromatic N) is 1. The first-order valence-corrected chi connectivity index (χ1v) is 11.2. The van der Waals surface area contributed by atoms with E-state index in [-0.39, 0.29) is 16.5 Å². The Hall–Kier alpha value is -2.74. The van der Waals surface area contributed by atoms with E-state index in [0.717, 1.165) is 12.8 Å². The van der Waals surface area contributed by atoms with Gasteiger partial charge in [-0.25, -0.2) is 8.42 Å². The minimum atomic E-state index is -3.90. The summed E-state index contributed by atoms with van der Waals surface area (Å²) in [6.07, 6.45) is 1.91. The maximum absolute atomic E-state index is 13.0. The Labute approximate surface area is 170 Å². The van der Waals surface area contributed by atoms with Crippen molar-refractivity contribution in [2.75, 3.05) is 31.0 Å². The predicted octanol–water partition coefficient (Wildman–Crippen LogP) is 3.13. The van der Waals surface area contributed by atoms with Gasteiger partial charge >= 0.3 is 0 Å². The van der Waals surface area contributed by atoms with Crippen molar-refractivity contribution >= 4 is 21.6 Å². The fraction of sp³-hybridized carbons (Fsp3) is 0.381. The minimum absolute atomic E-state index is 0.0517. The first-order valence-electron chi connectivity index (χ1n) is 9.75. The summed E-state index contributed by atoms with van der Waals surface area (Å²) in [4.78, 5) is 14.8. The van der Waals surface area contributed by atoms with Crippen LogP contribution >= 0.6 is 0 Å². The second-order valence-electron chi connectivity index (χ2n) is 7.43. The molecule has 2 aromatic rings. The maximum atomic E-state index is 13.0. The third-order valence-electron chi connectivity index (χ3n) is 5.30. The van der Waals surface area contributed by atoms with Crippen LogP contribution in [-0.2, 0) is 10.0 Å². The van der Waals surface area contributed by atoms with Crippen LogP contribution in [0, 0.1) is 5.92 Å². The molecule has 0 unspecified atom stereocenters. The Kier molecular flexibility index (Phi) is 5.36. The molecule has 0 bridgehead atoms. The summed E-state index contributed by atoms with van der Waals surface area (Å²) in [5.74, 6) is 1.36. The standard InChI is InChI=1S/C21H24N2O5S/c1-15-8-10-23(11-9-15)21(24)17-4-2-3-5-18(17)22-29(25,26)16-6-7-19-20(14-16)28-13-12-27-19/h2-7,14-15,22H,8-13H2,1H3. The fourth-order valence-corrected chi connectivity index (χ4v) is 4.63. The molecule has 1 saturated heterocycles. The van der Waals surface area contributed by atoms with Crippen molar-refractivity contribution in [1.29, 1.82) is 0 Å². The van der Waals surface area contributed by atoms with Crippen LogP contribution in [0.5, 0.6) is 11.5 Å². The van der Waals surface area contributed by atoms with Crippen molar-refractivity contribution in [2.24, 2.45) is 5.92 Å². The Morgan fingerprint density at radius 2 is 1.72 bits per heavy atom. The Bertz CT molecular complexity index is 1010. The molecule has 0 saturated carbocycles. The van der Waals surface area contributed by atoms with Gasteiger partial charge < -0.3 is 14.4 Å². The molecule has 2 aliphatic rings. The number of amides is 1. The number of benzene rings is 2. The average molecular weight is 416 g/mol. The van der Waals surface area contributed by atoms with E-state index in [2.05, 4.69) is 11.6 Å². The van der Waals surface area contributed by atoms with Crippen molar-refractivity contribution in [3.8, 4) is 11.5 Å². The fourth-order valence-electron chi connectivity index (χ4n) is 3.54. The van der Waals surface area contributed by atoms with E-state index >= 15 is 0 Å². The molecule has 0 spiro atoms. The van der Waals surface area contributed by atoms with Gasteiger partial charge in [0.1, 0.15) is 13.2 Å². The normalized spacial score (nSPS) is 17.1. The van der Waals surface area contributed by atoms with Crippen LogP contribution < -0.4 is 14.2 Å². The highest BCUT2D eigenvalue weighted by Gasteiger charge is 2.25. The summed E-state index contributed by atoms with van der Waals surface area (Å²) in [6, 6.07) is 11.2. The van der Waals surface area contributed by atoms with Crippen molar-refractivity contribution in [3.05, 3.63) is 48.0 Å². The number of carbonyl (C=O) groups excluding carboxylic acids is 1. The molecule has 0 aliphatic carbocycles. The number of anilines is 1. The van der Waals surface area contributed by atoms with Crippen LogP contribution in [0.4, 0.5) is 5.69 Å². The lowest BCUT2D eigenvalue weighted by Crippen LogP contribution is -2.38. The van der Waals surface area contributed by atoms with Gasteiger partial charge in [0.05, 0.1) is 16.1 Å². The van der Waals surface area contributed by atoms with Crippen molar-refractivity contribution in [2.45, 2.75) is 24.7 Å². The third-order valence-corrected chi connectivity index (χ3v) is 6.66. The number of hydrogen-bond acceptors (Lipinski definition) is 5. The number of fused-ring (bicyclic) bond motifs is 1. The van der Waals surface area contributed by atoms with Gasteiger partial charge in [0.25, 0.3) is 15.9 Å². The lowest BCUT2D eigenvalue weighted by molar-refractivity contribution is 0.0698. The van der Waals surface area contributed by atoms with Gasteiger partial charge in [-0.3, -0.25) is 9.52 Å². The van der Waals surface area contributed by atoms with Crippen LogP contribution in [0.2, 0.25) is 0 Å². The number of ether oxygens (including phenoxy) is 2. The quantitative estimate of drug-likeness (QED) is 0.828. The van der Waals surface area contributed by atoms with Crippen LogP contribution in [-0.4, -0.2) is 45.5 Å². The first kappa shape index (κ1) is 19.6. The lowest BCUT2D eigenvalue weighted by Gasteiger charge is -2.30. The number of sulfonamides is 1. The van der Waals surface area contributed by atoms with Crippen LogP contribution in [0.1, 0.15) is 30.1 Å². The number of rotatable bonds is 4. The maximum Gasteiger partial charge on any atom is 0.262 e. The molecule has 1 N–H and O–H groups in total. The monoisotopic (exact) mass is 416 g/mol. The Morgan fingerprint density at radius 3 is 2.48 bits per heavy atom. The van der Waals surface area contributed by atoms with Gasteiger partial charge in [-0.15, -0.1) is 0 Å². The van der Waals surface area contributed by atoms with Gasteiger partial charge in [0.15, 0.2) is 11.5 Å². The largest absolute Gasteiger partial charge is 0.486 e. The van der Waals surface area contributed by atoms with E-state index in [1.54, 1.807) is 35.2 Å². The second kappa shape index (κ2) is 7.94. The zero-order valence-electron chi connectivity index (χ0n) is 16.3. The summed E-state index contributed by atoms with van der Waals surface area (Å²) in [5, 5.41) is 0. The molecule has 7 nitrogen and oxygen atoms in total. The van der Waals surface area contributed by atoms with E-state index in [1.807, 2.05) is 0 Å². The number of hydrogen-bond donors (Lipinski definition) is 1. The van der Waals surface area contributed by atoms with E-state index in [0.29, 0.717) is 49.3 Å². The molecular formula is C21H24N2O5S. The zero-order valence-corrected chi connectivity index (χ0v) is 17.1. The lowest BCUT2D eigenvalue weighted by atomic mass is 9.98. The molecule has 2 aliphatic heterocycles. The zero-order chi connectivity index (χ0) is 20.4. The molecule has 1 fully saturated rings. The van der Waals surface area contributed by atoms with E-state index in [1.165, 1.54) is 12.1 Å². The Balaban J connectivity index is 1.59. The summed E-state index contributed by atoms with van der Waals surface area (Å²) in [5.41, 5.74) is 0.620. The average Bonchev–Trinajstić information content (AvgIpc) is 2.73. The van der Waals surface area contributed by atoms with Crippen molar-refractivity contribution in [3.63, 3.8) is 0 Å². The third kappa shape index (κ3) is 4.17. The molecule has 154 valence electrons. The highest BCUT2D eigenvalue weighted by atomic mass is 32.2. The summed E-state index contributed by atoms with van der Waals surface area (Å²) < 4.78 is 39.4. The van der Waals surface area contributed by atoms with E-state index in [4.69, 9.17) is 9.47 Å². The molecule has 0 atom stereocenters. The molecule has 8 heteroatoms. The molecule has 4 rings (SSSR count).